The van der Waals surface area contributed by atoms with E-state index in [0.717, 1.165) is 4.47 Å². The van der Waals surface area contributed by atoms with Crippen molar-refractivity contribution in [3.8, 4) is 0 Å². The number of carbonyl (C=O) groups excluding carboxylic acids is 1. The smallest absolute Gasteiger partial charge is 0.278 e. The van der Waals surface area contributed by atoms with Gasteiger partial charge in [0.25, 0.3) is 5.91 Å². The van der Waals surface area contributed by atoms with Crippen molar-refractivity contribution in [3.05, 3.63) is 68.1 Å². The number of carbonyl (C=O) groups is 1. The monoisotopic (exact) mass is 562 g/mol. The molecule has 0 bridgehead atoms. The number of hydrogen-bond acceptors (Lipinski definition) is 5. The number of fused-ring (bicyclic) bond motifs is 1. The first-order valence-corrected chi connectivity index (χ1v) is 10.5. The van der Waals surface area contributed by atoms with Crippen LogP contribution in [0, 0.1) is 0 Å². The molecule has 3 rings (SSSR count). The second-order valence-corrected chi connectivity index (χ2v) is 8.09. The number of imidazole rings is 1. The van der Waals surface area contributed by atoms with Crippen molar-refractivity contribution in [2.45, 2.75) is 0 Å². The highest BCUT2D eigenvalue weighted by Gasteiger charge is 2.21. The van der Waals surface area contributed by atoms with Gasteiger partial charge in [-0.25, -0.2) is 10.5 Å². The molecule has 152 valence electrons. The SMILES string of the molecule is C=COCCONC(=O)c1cn2c(Br)cnc2c(Cl)c1Nc1ccc(Br)cc1Cl. The van der Waals surface area contributed by atoms with Gasteiger partial charge in [0.1, 0.15) is 22.8 Å². The molecule has 2 N–H and O–H groups in total. The number of anilines is 2. The Hall–Kier alpha value is -1.78. The Morgan fingerprint density at radius 3 is 2.83 bits per heavy atom. The van der Waals surface area contributed by atoms with E-state index in [2.05, 4.69) is 54.2 Å². The van der Waals surface area contributed by atoms with Gasteiger partial charge in [-0.2, -0.15) is 0 Å². The molecule has 2 heterocycles. The van der Waals surface area contributed by atoms with E-state index >= 15 is 0 Å². The van der Waals surface area contributed by atoms with Crippen LogP contribution in [0.3, 0.4) is 0 Å². The van der Waals surface area contributed by atoms with Crippen molar-refractivity contribution < 1.29 is 14.4 Å². The molecule has 29 heavy (non-hydrogen) atoms. The minimum Gasteiger partial charge on any atom is -0.499 e. The number of hydrogen-bond donors (Lipinski definition) is 2. The summed E-state index contributed by atoms with van der Waals surface area (Å²) in [6.45, 7) is 3.82. The minimum absolute atomic E-state index is 0.143. The topological polar surface area (TPSA) is 76.9 Å². The van der Waals surface area contributed by atoms with Gasteiger partial charge in [0, 0.05) is 10.7 Å². The molecule has 11 heteroatoms. The number of pyridine rings is 1. The van der Waals surface area contributed by atoms with Gasteiger partial charge in [-0.05, 0) is 34.1 Å². The normalized spacial score (nSPS) is 10.8. The van der Waals surface area contributed by atoms with Crippen LogP contribution < -0.4 is 10.8 Å². The third-order valence-electron chi connectivity index (χ3n) is 3.72. The Morgan fingerprint density at radius 1 is 1.31 bits per heavy atom. The highest BCUT2D eigenvalue weighted by atomic mass is 79.9. The van der Waals surface area contributed by atoms with E-state index in [-0.39, 0.29) is 23.8 Å². The molecule has 3 aromatic rings. The van der Waals surface area contributed by atoms with Crippen molar-refractivity contribution in [2.24, 2.45) is 0 Å². The van der Waals surface area contributed by atoms with Crippen molar-refractivity contribution in [3.63, 3.8) is 0 Å². The number of aromatic nitrogens is 2. The molecule has 0 saturated carbocycles. The molecule has 1 amide bonds. The van der Waals surface area contributed by atoms with Crippen molar-refractivity contribution >= 4 is 78.0 Å². The fraction of sp³-hybridized carbons (Fsp3) is 0.111. The molecular formula is C18H14Br2Cl2N4O3. The van der Waals surface area contributed by atoms with E-state index in [1.165, 1.54) is 6.26 Å². The number of nitrogens with one attached hydrogen (secondary N) is 2. The van der Waals surface area contributed by atoms with Crippen molar-refractivity contribution in [2.75, 3.05) is 18.5 Å². The molecule has 1 aromatic carbocycles. The zero-order valence-electron chi connectivity index (χ0n) is 14.7. The van der Waals surface area contributed by atoms with Gasteiger partial charge >= 0.3 is 0 Å². The second kappa shape index (κ2) is 9.82. The van der Waals surface area contributed by atoms with Gasteiger partial charge in [0.05, 0.1) is 34.4 Å². The first-order chi connectivity index (χ1) is 13.9. The average molecular weight is 565 g/mol. The van der Waals surface area contributed by atoms with Crippen molar-refractivity contribution in [1.29, 1.82) is 0 Å². The lowest BCUT2D eigenvalue weighted by Gasteiger charge is -2.16. The van der Waals surface area contributed by atoms with Gasteiger partial charge < -0.3 is 10.1 Å². The third-order valence-corrected chi connectivity index (χ3v) is 5.47. The first kappa shape index (κ1) is 21.9. The molecule has 0 unspecified atom stereocenters. The van der Waals surface area contributed by atoms with Crippen LogP contribution >= 0.6 is 55.1 Å². The molecule has 0 aliphatic heterocycles. The zero-order valence-corrected chi connectivity index (χ0v) is 19.4. The second-order valence-electron chi connectivity index (χ2n) is 5.57. The first-order valence-electron chi connectivity index (χ1n) is 8.14. The van der Waals surface area contributed by atoms with E-state index in [1.54, 1.807) is 28.9 Å². The van der Waals surface area contributed by atoms with Gasteiger partial charge in [0.15, 0.2) is 5.65 Å². The molecule has 0 fully saturated rings. The van der Waals surface area contributed by atoms with Crippen LogP contribution in [0.1, 0.15) is 10.4 Å². The molecule has 0 atom stereocenters. The predicted octanol–water partition coefficient (Wildman–Crippen LogP) is 5.73. The lowest BCUT2D eigenvalue weighted by molar-refractivity contribution is 0.0145. The van der Waals surface area contributed by atoms with Gasteiger partial charge in [-0.15, -0.1) is 0 Å². The molecule has 0 aliphatic rings. The molecule has 7 nitrogen and oxygen atoms in total. The van der Waals surface area contributed by atoms with Crippen LogP contribution in [0.25, 0.3) is 5.65 Å². The van der Waals surface area contributed by atoms with Crippen LogP contribution in [0.5, 0.6) is 0 Å². The van der Waals surface area contributed by atoms with Crippen LogP contribution in [0.4, 0.5) is 11.4 Å². The summed E-state index contributed by atoms with van der Waals surface area (Å²) in [5.74, 6) is -0.510. The number of hydroxylamine groups is 1. The Morgan fingerprint density at radius 2 is 2.10 bits per heavy atom. The van der Waals surface area contributed by atoms with Crippen LogP contribution in [0.15, 0.2) is 52.5 Å². The van der Waals surface area contributed by atoms with E-state index in [9.17, 15) is 4.79 Å². The Bertz CT molecular complexity index is 1070. The standard InChI is InChI=1S/C18H14Br2Cl2N4O3/c1-2-28-5-6-29-25-18(27)11-9-26-14(20)8-23-17(26)15(22)16(11)24-13-4-3-10(19)7-12(13)21/h2-4,7-9,24H,1,5-6H2,(H,25,27). The molecule has 0 radical (unpaired) electrons. The number of amides is 1. The summed E-state index contributed by atoms with van der Waals surface area (Å²) in [5, 5.41) is 3.82. The Labute approximate surface area is 193 Å². The summed E-state index contributed by atoms with van der Waals surface area (Å²) in [4.78, 5) is 22.2. The number of nitrogens with zero attached hydrogens (tertiary/aromatic N) is 2. The summed E-state index contributed by atoms with van der Waals surface area (Å²) < 4.78 is 8.05. The third kappa shape index (κ3) is 5.04. The molecule has 0 saturated heterocycles. The lowest BCUT2D eigenvalue weighted by Crippen LogP contribution is -2.26. The summed E-state index contributed by atoms with van der Waals surface area (Å²) in [7, 11) is 0. The van der Waals surface area contributed by atoms with Gasteiger partial charge in [-0.1, -0.05) is 45.7 Å². The largest absolute Gasteiger partial charge is 0.499 e. The van der Waals surface area contributed by atoms with Gasteiger partial charge in [-0.3, -0.25) is 14.0 Å². The quantitative estimate of drug-likeness (QED) is 0.208. The lowest BCUT2D eigenvalue weighted by atomic mass is 10.2. The predicted molar refractivity (Wildman–Crippen MR) is 120 cm³/mol. The van der Waals surface area contributed by atoms with E-state index in [4.69, 9.17) is 32.8 Å². The van der Waals surface area contributed by atoms with Crippen LogP contribution in [-0.4, -0.2) is 28.5 Å². The molecule has 2 aromatic heterocycles. The fourth-order valence-corrected chi connectivity index (χ4v) is 3.80. The average Bonchev–Trinajstić information content (AvgIpc) is 3.06. The number of halogens is 4. The maximum absolute atomic E-state index is 12.8. The summed E-state index contributed by atoms with van der Waals surface area (Å²) in [6.07, 6.45) is 4.47. The van der Waals surface area contributed by atoms with Crippen LogP contribution in [0.2, 0.25) is 10.0 Å². The zero-order chi connectivity index (χ0) is 21.0. The fourth-order valence-electron chi connectivity index (χ4n) is 2.41. The Kier molecular flexibility index (Phi) is 7.42. The molecule has 0 spiro atoms. The molecular weight excluding hydrogens is 551 g/mol. The minimum atomic E-state index is -0.510. The summed E-state index contributed by atoms with van der Waals surface area (Å²) >= 11 is 19.6. The van der Waals surface area contributed by atoms with Gasteiger partial charge in [0.2, 0.25) is 0 Å². The van der Waals surface area contributed by atoms with E-state index in [0.29, 0.717) is 26.6 Å². The van der Waals surface area contributed by atoms with Crippen molar-refractivity contribution in [1.82, 2.24) is 14.9 Å². The van der Waals surface area contributed by atoms with E-state index < -0.39 is 5.91 Å². The van der Waals surface area contributed by atoms with Crippen LogP contribution in [-0.2, 0) is 9.57 Å². The number of rotatable bonds is 8. The molecule has 0 aliphatic carbocycles. The van der Waals surface area contributed by atoms with E-state index in [1.807, 2.05) is 6.07 Å². The highest BCUT2D eigenvalue weighted by molar-refractivity contribution is 9.10. The summed E-state index contributed by atoms with van der Waals surface area (Å²) in [5.41, 5.74) is 3.97. The number of benzene rings is 1. The number of ether oxygens (including phenoxy) is 1. The highest BCUT2D eigenvalue weighted by Crippen LogP contribution is 2.36. The maximum Gasteiger partial charge on any atom is 0.278 e. The Balaban J connectivity index is 1.97. The summed E-state index contributed by atoms with van der Waals surface area (Å²) in [6, 6.07) is 5.30. The maximum atomic E-state index is 12.8.